The lowest BCUT2D eigenvalue weighted by Gasteiger charge is -2.13. The van der Waals surface area contributed by atoms with E-state index < -0.39 is 6.03 Å². The molecule has 20 heavy (non-hydrogen) atoms. The lowest BCUT2D eigenvalue weighted by Crippen LogP contribution is -2.30. The van der Waals surface area contributed by atoms with Crippen LogP contribution >= 0.6 is 11.6 Å². The first-order valence-electron chi connectivity index (χ1n) is 5.93. The van der Waals surface area contributed by atoms with Crippen molar-refractivity contribution >= 4 is 29.1 Å². The Kier molecular flexibility index (Phi) is 6.11. The second-order valence-electron chi connectivity index (χ2n) is 4.02. The average Bonchev–Trinajstić information content (AvgIpc) is 2.39. The molecule has 110 valence electrons. The fraction of sp³-hybridized carbons (Fsp3) is 0.385. The Morgan fingerprint density at radius 3 is 2.40 bits per heavy atom. The fourth-order valence-corrected chi connectivity index (χ4v) is 1.71. The van der Waals surface area contributed by atoms with Crippen LogP contribution in [-0.4, -0.2) is 32.6 Å². The fourth-order valence-electron chi connectivity index (χ4n) is 1.48. The molecule has 0 saturated carbocycles. The summed E-state index contributed by atoms with van der Waals surface area (Å²) in [4.78, 5) is 22.5. The summed E-state index contributed by atoms with van der Waals surface area (Å²) in [7, 11) is 2.95. The van der Waals surface area contributed by atoms with Gasteiger partial charge >= 0.3 is 6.03 Å². The second kappa shape index (κ2) is 7.59. The SMILES string of the molecule is COc1cc(NC(=O)NCCC(C)=O)c(OC)cc1Cl. The number of halogens is 1. The summed E-state index contributed by atoms with van der Waals surface area (Å²) in [5, 5.41) is 5.56. The van der Waals surface area contributed by atoms with E-state index in [1.54, 1.807) is 12.1 Å². The molecule has 0 spiro atoms. The van der Waals surface area contributed by atoms with Crippen LogP contribution in [0.25, 0.3) is 0 Å². The van der Waals surface area contributed by atoms with Crippen LogP contribution < -0.4 is 20.1 Å². The van der Waals surface area contributed by atoms with Crippen molar-refractivity contribution in [2.24, 2.45) is 0 Å². The molecule has 2 amide bonds. The Morgan fingerprint density at radius 1 is 1.20 bits per heavy atom. The molecule has 0 aliphatic heterocycles. The molecule has 7 heteroatoms. The average molecular weight is 301 g/mol. The monoisotopic (exact) mass is 300 g/mol. The van der Waals surface area contributed by atoms with Crippen molar-refractivity contribution in [3.05, 3.63) is 17.2 Å². The molecule has 0 unspecified atom stereocenters. The molecule has 1 aromatic rings. The molecule has 2 N–H and O–H groups in total. The minimum atomic E-state index is -0.436. The molecule has 0 heterocycles. The summed E-state index contributed by atoms with van der Waals surface area (Å²) in [6.45, 7) is 1.74. The van der Waals surface area contributed by atoms with E-state index in [0.29, 0.717) is 22.2 Å². The van der Waals surface area contributed by atoms with E-state index in [2.05, 4.69) is 10.6 Å². The van der Waals surface area contributed by atoms with E-state index in [1.165, 1.54) is 21.1 Å². The minimum absolute atomic E-state index is 0.0102. The Bertz CT molecular complexity index is 505. The van der Waals surface area contributed by atoms with Gasteiger partial charge in [-0.1, -0.05) is 11.6 Å². The highest BCUT2D eigenvalue weighted by Crippen LogP contribution is 2.35. The smallest absolute Gasteiger partial charge is 0.319 e. The van der Waals surface area contributed by atoms with Crippen LogP contribution in [0.15, 0.2) is 12.1 Å². The molecule has 1 rings (SSSR count). The number of ketones is 1. The quantitative estimate of drug-likeness (QED) is 0.846. The van der Waals surface area contributed by atoms with Crippen molar-refractivity contribution in [2.45, 2.75) is 13.3 Å². The summed E-state index contributed by atoms with van der Waals surface area (Å²) >= 11 is 5.96. The summed E-state index contributed by atoms with van der Waals surface area (Å²) in [6, 6.07) is 2.67. The van der Waals surface area contributed by atoms with Crippen molar-refractivity contribution in [2.75, 3.05) is 26.1 Å². The summed E-state index contributed by atoms with van der Waals surface area (Å²) in [5.74, 6) is 0.847. The van der Waals surface area contributed by atoms with Gasteiger partial charge in [0.05, 0.1) is 24.9 Å². The van der Waals surface area contributed by atoms with Gasteiger partial charge in [0.1, 0.15) is 17.3 Å². The van der Waals surface area contributed by atoms with Gasteiger partial charge in [0.2, 0.25) is 0 Å². The van der Waals surface area contributed by atoms with Gasteiger partial charge < -0.3 is 20.1 Å². The molecule has 0 fully saturated rings. The van der Waals surface area contributed by atoms with Crippen molar-refractivity contribution < 1.29 is 19.1 Å². The van der Waals surface area contributed by atoms with E-state index in [9.17, 15) is 9.59 Å². The zero-order valence-corrected chi connectivity index (χ0v) is 12.3. The largest absolute Gasteiger partial charge is 0.495 e. The van der Waals surface area contributed by atoms with Gasteiger partial charge in [0, 0.05) is 25.1 Å². The van der Waals surface area contributed by atoms with Crippen molar-refractivity contribution in [1.82, 2.24) is 5.32 Å². The molecule has 0 radical (unpaired) electrons. The molecule has 0 saturated heterocycles. The van der Waals surface area contributed by atoms with Gasteiger partial charge in [-0.15, -0.1) is 0 Å². The van der Waals surface area contributed by atoms with Crippen molar-refractivity contribution in [3.8, 4) is 11.5 Å². The summed E-state index contributed by atoms with van der Waals surface area (Å²) < 4.78 is 10.2. The Balaban J connectivity index is 2.75. The molecule has 1 aromatic carbocycles. The number of nitrogens with one attached hydrogen (secondary N) is 2. The normalized spacial score (nSPS) is 9.80. The number of anilines is 1. The molecule has 0 aromatic heterocycles. The maximum absolute atomic E-state index is 11.7. The maximum atomic E-state index is 11.7. The third-order valence-corrected chi connectivity index (χ3v) is 2.78. The van der Waals surface area contributed by atoms with E-state index in [1.807, 2.05) is 0 Å². The number of ether oxygens (including phenoxy) is 2. The van der Waals surface area contributed by atoms with Gasteiger partial charge in [-0.3, -0.25) is 4.79 Å². The molecular formula is C13H17ClN2O4. The zero-order chi connectivity index (χ0) is 15.1. The van der Waals surface area contributed by atoms with Gasteiger partial charge in [0.25, 0.3) is 0 Å². The van der Waals surface area contributed by atoms with Crippen molar-refractivity contribution in [3.63, 3.8) is 0 Å². The van der Waals surface area contributed by atoms with E-state index in [4.69, 9.17) is 21.1 Å². The van der Waals surface area contributed by atoms with Crippen LogP contribution in [0.1, 0.15) is 13.3 Å². The second-order valence-corrected chi connectivity index (χ2v) is 4.43. The van der Waals surface area contributed by atoms with Crippen LogP contribution in [0, 0.1) is 0 Å². The van der Waals surface area contributed by atoms with E-state index in [0.717, 1.165) is 0 Å². The number of amides is 2. The number of carbonyl (C=O) groups excluding carboxylic acids is 2. The first-order valence-corrected chi connectivity index (χ1v) is 6.31. The highest BCUT2D eigenvalue weighted by molar-refractivity contribution is 6.32. The highest BCUT2D eigenvalue weighted by Gasteiger charge is 2.12. The third-order valence-electron chi connectivity index (χ3n) is 2.48. The van der Waals surface area contributed by atoms with Crippen LogP contribution in [-0.2, 0) is 4.79 Å². The number of benzene rings is 1. The van der Waals surface area contributed by atoms with Crippen LogP contribution in [0.3, 0.4) is 0 Å². The van der Waals surface area contributed by atoms with Crippen LogP contribution in [0.2, 0.25) is 5.02 Å². The van der Waals surface area contributed by atoms with Crippen LogP contribution in [0.4, 0.5) is 10.5 Å². The summed E-state index contributed by atoms with van der Waals surface area (Å²) in [5.41, 5.74) is 0.425. The summed E-state index contributed by atoms with van der Waals surface area (Å²) in [6.07, 6.45) is 0.286. The lowest BCUT2D eigenvalue weighted by molar-refractivity contribution is -0.116. The molecule has 0 bridgehead atoms. The predicted molar refractivity (Wildman–Crippen MR) is 76.9 cm³/mol. The predicted octanol–water partition coefficient (Wildman–Crippen LogP) is 2.46. The number of rotatable bonds is 6. The molecular weight excluding hydrogens is 284 g/mol. The standard InChI is InChI=1S/C13H17ClN2O4/c1-8(17)4-5-15-13(18)16-10-7-11(19-2)9(14)6-12(10)20-3/h6-7H,4-5H2,1-3H3,(H2,15,16,18). The number of Topliss-reactive ketones (excluding diaryl/α,β-unsaturated/α-hetero) is 1. The molecule has 0 atom stereocenters. The molecule has 0 aliphatic rings. The number of hydrogen-bond acceptors (Lipinski definition) is 4. The van der Waals surface area contributed by atoms with Gasteiger partial charge in [-0.2, -0.15) is 0 Å². The van der Waals surface area contributed by atoms with Crippen molar-refractivity contribution in [1.29, 1.82) is 0 Å². The number of carbonyl (C=O) groups is 2. The minimum Gasteiger partial charge on any atom is -0.495 e. The topological polar surface area (TPSA) is 76.7 Å². The Labute approximate surface area is 122 Å². The first-order chi connectivity index (χ1) is 9.47. The highest BCUT2D eigenvalue weighted by atomic mass is 35.5. The molecule has 0 aliphatic carbocycles. The Morgan fingerprint density at radius 2 is 1.85 bits per heavy atom. The van der Waals surface area contributed by atoms with Gasteiger partial charge in [-0.05, 0) is 6.92 Å². The lowest BCUT2D eigenvalue weighted by atomic mass is 10.2. The van der Waals surface area contributed by atoms with E-state index >= 15 is 0 Å². The van der Waals surface area contributed by atoms with Crippen LogP contribution in [0.5, 0.6) is 11.5 Å². The van der Waals surface area contributed by atoms with Gasteiger partial charge in [-0.25, -0.2) is 4.79 Å². The zero-order valence-electron chi connectivity index (χ0n) is 11.6. The van der Waals surface area contributed by atoms with E-state index in [-0.39, 0.29) is 18.7 Å². The molecule has 6 nitrogen and oxygen atoms in total. The first kappa shape index (κ1) is 16.1. The maximum Gasteiger partial charge on any atom is 0.319 e. The number of hydrogen-bond donors (Lipinski definition) is 2. The number of urea groups is 1. The van der Waals surface area contributed by atoms with Gasteiger partial charge in [0.15, 0.2) is 0 Å². The Hall–Kier alpha value is -1.95. The number of methoxy groups -OCH3 is 2. The third kappa shape index (κ3) is 4.62.